The monoisotopic (exact) mass is 479 g/mol. The van der Waals surface area contributed by atoms with Crippen molar-refractivity contribution in [1.29, 1.82) is 0 Å². The lowest BCUT2D eigenvalue weighted by Crippen LogP contribution is -2.20. The summed E-state index contributed by atoms with van der Waals surface area (Å²) in [5.41, 5.74) is 5.87. The molecule has 4 rings (SSSR count). The van der Waals surface area contributed by atoms with Crippen LogP contribution >= 0.6 is 0 Å². The summed E-state index contributed by atoms with van der Waals surface area (Å²) in [6.07, 6.45) is 4.80. The number of rotatable bonds is 11. The maximum Gasteiger partial charge on any atom is 0.306 e. The number of aryl methyl sites for hydroxylation is 3. The van der Waals surface area contributed by atoms with E-state index in [0.29, 0.717) is 26.0 Å². The molecule has 0 unspecified atom stereocenters. The van der Waals surface area contributed by atoms with Crippen molar-refractivity contribution in [3.63, 3.8) is 0 Å². The van der Waals surface area contributed by atoms with E-state index in [1.807, 2.05) is 48.0 Å². The van der Waals surface area contributed by atoms with E-state index in [1.165, 1.54) is 16.7 Å². The number of esters is 1. The fourth-order valence-electron chi connectivity index (χ4n) is 4.64. The molecular formula is C32H33NO3. The molecule has 0 spiro atoms. The lowest BCUT2D eigenvalue weighted by molar-refractivity contribution is -0.143. The van der Waals surface area contributed by atoms with Crippen LogP contribution in [-0.2, 0) is 28.9 Å². The Kier molecular flexibility index (Phi) is 8.87. The molecule has 0 N–H and O–H groups in total. The molecule has 0 atom stereocenters. The molecule has 1 aromatic heterocycles. The van der Waals surface area contributed by atoms with Gasteiger partial charge in [0.25, 0.3) is 5.56 Å². The van der Waals surface area contributed by atoms with Crippen molar-refractivity contribution in [2.75, 3.05) is 6.61 Å². The van der Waals surface area contributed by atoms with E-state index in [2.05, 4.69) is 60.7 Å². The van der Waals surface area contributed by atoms with Crippen LogP contribution in [0.25, 0.3) is 0 Å². The van der Waals surface area contributed by atoms with Crippen molar-refractivity contribution >= 4 is 5.97 Å². The summed E-state index contributed by atoms with van der Waals surface area (Å²) in [6, 6.07) is 32.8. The summed E-state index contributed by atoms with van der Waals surface area (Å²) in [6.45, 7) is 2.88. The number of nitrogens with zero attached hydrogens (tertiary/aromatic N) is 1. The zero-order valence-corrected chi connectivity index (χ0v) is 20.8. The second-order valence-corrected chi connectivity index (χ2v) is 8.98. The number of carbonyl (C=O) groups excluding carboxylic acids is 1. The summed E-state index contributed by atoms with van der Waals surface area (Å²) in [4.78, 5) is 24.3. The molecule has 3 aromatic carbocycles. The lowest BCUT2D eigenvalue weighted by atomic mass is 9.86. The molecule has 0 aliphatic rings. The Hall–Kier alpha value is -3.92. The first-order chi connectivity index (χ1) is 17.6. The predicted molar refractivity (Wildman–Crippen MR) is 144 cm³/mol. The second-order valence-electron chi connectivity index (χ2n) is 8.98. The molecule has 36 heavy (non-hydrogen) atoms. The Bertz CT molecular complexity index is 1270. The average molecular weight is 480 g/mol. The smallest absolute Gasteiger partial charge is 0.306 e. The first-order valence-electron chi connectivity index (χ1n) is 12.7. The van der Waals surface area contributed by atoms with E-state index in [9.17, 15) is 9.59 Å². The van der Waals surface area contributed by atoms with Gasteiger partial charge in [-0.2, -0.15) is 0 Å². The highest BCUT2D eigenvalue weighted by Crippen LogP contribution is 2.31. The zero-order chi connectivity index (χ0) is 25.2. The van der Waals surface area contributed by atoms with Gasteiger partial charge in [0.2, 0.25) is 0 Å². The number of hydrogen-bond acceptors (Lipinski definition) is 3. The van der Waals surface area contributed by atoms with Gasteiger partial charge in [-0.1, -0.05) is 91.0 Å². The minimum atomic E-state index is -0.161. The molecule has 0 amide bonds. The maximum absolute atomic E-state index is 12.7. The number of carbonyl (C=O) groups is 1. The molecule has 0 saturated heterocycles. The van der Waals surface area contributed by atoms with Crippen molar-refractivity contribution in [2.45, 2.75) is 45.1 Å². The summed E-state index contributed by atoms with van der Waals surface area (Å²) < 4.78 is 6.86. The van der Waals surface area contributed by atoms with Crippen molar-refractivity contribution in [3.8, 4) is 0 Å². The van der Waals surface area contributed by atoms with Crippen LogP contribution in [0, 0.1) is 0 Å². The van der Waals surface area contributed by atoms with Crippen molar-refractivity contribution in [2.24, 2.45) is 0 Å². The van der Waals surface area contributed by atoms with Crippen LogP contribution in [0.3, 0.4) is 0 Å². The van der Waals surface area contributed by atoms with Crippen LogP contribution < -0.4 is 5.56 Å². The van der Waals surface area contributed by atoms with E-state index in [-0.39, 0.29) is 17.4 Å². The van der Waals surface area contributed by atoms with E-state index in [0.717, 1.165) is 24.0 Å². The molecular weight excluding hydrogens is 446 g/mol. The number of ether oxygens (including phenoxy) is 1. The van der Waals surface area contributed by atoms with Gasteiger partial charge in [-0.15, -0.1) is 0 Å². The molecule has 0 bridgehead atoms. The van der Waals surface area contributed by atoms with Crippen LogP contribution in [0.5, 0.6) is 0 Å². The van der Waals surface area contributed by atoms with Crippen LogP contribution in [0.2, 0.25) is 0 Å². The van der Waals surface area contributed by atoms with Gasteiger partial charge in [0, 0.05) is 31.1 Å². The van der Waals surface area contributed by atoms with E-state index < -0.39 is 0 Å². The van der Waals surface area contributed by atoms with Crippen LogP contribution in [0.1, 0.15) is 53.5 Å². The Labute approximate surface area is 213 Å². The minimum absolute atomic E-state index is 0.0156. The van der Waals surface area contributed by atoms with Gasteiger partial charge in [0.1, 0.15) is 0 Å². The molecule has 0 aliphatic carbocycles. The molecule has 4 aromatic rings. The van der Waals surface area contributed by atoms with Crippen LogP contribution in [-0.4, -0.2) is 17.1 Å². The summed E-state index contributed by atoms with van der Waals surface area (Å²) in [5, 5.41) is 0. The van der Waals surface area contributed by atoms with Crippen molar-refractivity contribution in [1.82, 2.24) is 4.57 Å². The fourth-order valence-corrected chi connectivity index (χ4v) is 4.64. The lowest BCUT2D eigenvalue weighted by Gasteiger charge is -2.20. The SMILES string of the molecule is CCOC(=O)CCc1cccc(CCCn2cc(C(c3ccccc3)c3ccccc3)ccc2=O)c1. The second kappa shape index (κ2) is 12.7. The number of aromatic nitrogens is 1. The van der Waals surface area contributed by atoms with E-state index in [4.69, 9.17) is 4.74 Å². The standard InChI is InChI=1S/C32H33NO3/c1-2-36-31(35)21-18-26-12-9-11-25(23-26)13-10-22-33-24-29(19-20-30(33)34)32(27-14-5-3-6-15-27)28-16-7-4-8-17-28/h3-9,11-12,14-17,19-20,23-24,32H,2,10,13,18,21-22H2,1H3. The minimum Gasteiger partial charge on any atom is -0.466 e. The van der Waals surface area contributed by atoms with Gasteiger partial charge in [0.15, 0.2) is 0 Å². The predicted octanol–water partition coefficient (Wildman–Crippen LogP) is 6.16. The molecule has 0 radical (unpaired) electrons. The third-order valence-corrected chi connectivity index (χ3v) is 6.38. The highest BCUT2D eigenvalue weighted by Gasteiger charge is 2.17. The Morgan fingerprint density at radius 2 is 1.42 bits per heavy atom. The Balaban J connectivity index is 1.46. The Morgan fingerprint density at radius 3 is 2.06 bits per heavy atom. The molecule has 4 heteroatoms. The topological polar surface area (TPSA) is 48.3 Å². The molecule has 0 saturated carbocycles. The third-order valence-electron chi connectivity index (χ3n) is 6.38. The van der Waals surface area contributed by atoms with Gasteiger partial charge in [-0.05, 0) is 54.0 Å². The van der Waals surface area contributed by atoms with Gasteiger partial charge in [-0.25, -0.2) is 0 Å². The molecule has 1 heterocycles. The first-order valence-corrected chi connectivity index (χ1v) is 12.7. The molecule has 0 aliphatic heterocycles. The highest BCUT2D eigenvalue weighted by atomic mass is 16.5. The fraction of sp³-hybridized carbons (Fsp3) is 0.250. The van der Waals surface area contributed by atoms with Crippen molar-refractivity contribution < 1.29 is 9.53 Å². The molecule has 0 fully saturated rings. The number of benzene rings is 3. The molecule has 4 nitrogen and oxygen atoms in total. The average Bonchev–Trinajstić information content (AvgIpc) is 2.91. The van der Waals surface area contributed by atoms with Gasteiger partial charge < -0.3 is 9.30 Å². The van der Waals surface area contributed by atoms with Gasteiger partial charge >= 0.3 is 5.97 Å². The number of hydrogen-bond donors (Lipinski definition) is 0. The first kappa shape index (κ1) is 25.2. The quantitative estimate of drug-likeness (QED) is 0.242. The van der Waals surface area contributed by atoms with Crippen molar-refractivity contribution in [3.05, 3.63) is 141 Å². The third kappa shape index (κ3) is 6.82. The summed E-state index contributed by atoms with van der Waals surface area (Å²) >= 11 is 0. The van der Waals surface area contributed by atoms with Gasteiger partial charge in [0.05, 0.1) is 6.61 Å². The summed E-state index contributed by atoms with van der Waals surface area (Å²) in [7, 11) is 0. The van der Waals surface area contributed by atoms with E-state index in [1.54, 1.807) is 6.07 Å². The normalized spacial score (nSPS) is 10.9. The van der Waals surface area contributed by atoms with Gasteiger partial charge in [-0.3, -0.25) is 9.59 Å². The maximum atomic E-state index is 12.7. The van der Waals surface area contributed by atoms with Crippen LogP contribution in [0.4, 0.5) is 0 Å². The number of pyridine rings is 1. The highest BCUT2D eigenvalue weighted by molar-refractivity contribution is 5.69. The molecule has 184 valence electrons. The van der Waals surface area contributed by atoms with Crippen LogP contribution in [0.15, 0.2) is 108 Å². The Morgan fingerprint density at radius 1 is 0.778 bits per heavy atom. The largest absolute Gasteiger partial charge is 0.466 e. The summed E-state index contributed by atoms with van der Waals surface area (Å²) in [5.74, 6) is -0.0956. The van der Waals surface area contributed by atoms with E-state index >= 15 is 0 Å². The zero-order valence-electron chi connectivity index (χ0n) is 20.8.